The Morgan fingerprint density at radius 3 is 2.30 bits per heavy atom. The standard InChI is InChI=1S/C13H19F3N4/c1-8-9(2)18-19-12(11(8)7-17)20-5-3-10(4-6-20)13(14,15)16/h10H,3-7,17H2,1-2H3. The van der Waals surface area contributed by atoms with Gasteiger partial charge in [-0.1, -0.05) is 0 Å². The SMILES string of the molecule is Cc1nnc(N2CCC(C(F)(F)F)CC2)c(CN)c1C. The molecule has 112 valence electrons. The van der Waals surface area contributed by atoms with Crippen LogP contribution in [0.15, 0.2) is 0 Å². The van der Waals surface area contributed by atoms with Gasteiger partial charge < -0.3 is 10.6 Å². The summed E-state index contributed by atoms with van der Waals surface area (Å²) < 4.78 is 38.0. The summed E-state index contributed by atoms with van der Waals surface area (Å²) in [6, 6.07) is 0. The Labute approximate surface area is 116 Å². The number of aryl methyl sites for hydroxylation is 1. The Hall–Kier alpha value is -1.37. The summed E-state index contributed by atoms with van der Waals surface area (Å²) in [5.74, 6) is -0.573. The molecule has 0 aliphatic carbocycles. The Balaban J connectivity index is 2.17. The number of hydrogen-bond acceptors (Lipinski definition) is 4. The number of rotatable bonds is 2. The highest BCUT2D eigenvalue weighted by Gasteiger charge is 2.41. The fourth-order valence-corrected chi connectivity index (χ4v) is 2.56. The van der Waals surface area contributed by atoms with Crippen molar-refractivity contribution in [3.05, 3.63) is 16.8 Å². The molecule has 1 aliphatic heterocycles. The number of nitrogens with zero attached hydrogens (tertiary/aromatic N) is 3. The minimum Gasteiger partial charge on any atom is -0.355 e. The van der Waals surface area contributed by atoms with Crippen LogP contribution in [0.4, 0.5) is 19.0 Å². The molecule has 20 heavy (non-hydrogen) atoms. The van der Waals surface area contributed by atoms with Crippen LogP contribution in [0.25, 0.3) is 0 Å². The largest absolute Gasteiger partial charge is 0.391 e. The molecule has 1 aromatic rings. The van der Waals surface area contributed by atoms with E-state index in [2.05, 4.69) is 10.2 Å². The Morgan fingerprint density at radius 1 is 1.20 bits per heavy atom. The van der Waals surface area contributed by atoms with Crippen molar-refractivity contribution in [3.8, 4) is 0 Å². The second-order valence-electron chi connectivity index (χ2n) is 5.22. The van der Waals surface area contributed by atoms with Crippen LogP contribution in [-0.4, -0.2) is 29.5 Å². The molecule has 0 spiro atoms. The third kappa shape index (κ3) is 2.87. The van der Waals surface area contributed by atoms with E-state index in [1.165, 1.54) is 0 Å². The van der Waals surface area contributed by atoms with Gasteiger partial charge in [0.15, 0.2) is 5.82 Å². The van der Waals surface area contributed by atoms with Crippen molar-refractivity contribution >= 4 is 5.82 Å². The van der Waals surface area contributed by atoms with E-state index in [9.17, 15) is 13.2 Å². The van der Waals surface area contributed by atoms with Gasteiger partial charge in [0.1, 0.15) is 0 Å². The molecule has 1 saturated heterocycles. The molecule has 0 atom stereocenters. The first kappa shape index (κ1) is 15.0. The summed E-state index contributed by atoms with van der Waals surface area (Å²) in [6.07, 6.45) is -3.90. The summed E-state index contributed by atoms with van der Waals surface area (Å²) in [4.78, 5) is 1.86. The zero-order valence-electron chi connectivity index (χ0n) is 11.7. The summed E-state index contributed by atoms with van der Waals surface area (Å²) >= 11 is 0. The molecule has 2 N–H and O–H groups in total. The lowest BCUT2D eigenvalue weighted by Gasteiger charge is -2.34. The molecule has 1 aliphatic rings. The number of hydrogen-bond donors (Lipinski definition) is 1. The van der Waals surface area contributed by atoms with Gasteiger partial charge in [0.05, 0.1) is 11.6 Å². The zero-order chi connectivity index (χ0) is 14.9. The maximum atomic E-state index is 12.7. The van der Waals surface area contributed by atoms with Gasteiger partial charge in [0.2, 0.25) is 0 Å². The molecule has 1 aromatic heterocycles. The second-order valence-corrected chi connectivity index (χ2v) is 5.22. The zero-order valence-corrected chi connectivity index (χ0v) is 11.7. The number of nitrogens with two attached hydrogens (primary N) is 1. The predicted octanol–water partition coefficient (Wildman–Crippen LogP) is 2.33. The van der Waals surface area contributed by atoms with Gasteiger partial charge >= 0.3 is 6.18 Å². The van der Waals surface area contributed by atoms with Crippen molar-refractivity contribution in [2.24, 2.45) is 11.7 Å². The number of piperidine rings is 1. The molecular weight excluding hydrogens is 269 g/mol. The molecule has 4 nitrogen and oxygen atoms in total. The van der Waals surface area contributed by atoms with E-state index < -0.39 is 12.1 Å². The lowest BCUT2D eigenvalue weighted by atomic mass is 9.96. The molecule has 2 heterocycles. The average Bonchev–Trinajstić information content (AvgIpc) is 2.41. The van der Waals surface area contributed by atoms with Crippen LogP contribution in [0.3, 0.4) is 0 Å². The van der Waals surface area contributed by atoms with E-state index in [1.54, 1.807) is 0 Å². The van der Waals surface area contributed by atoms with E-state index in [4.69, 9.17) is 5.73 Å². The molecule has 7 heteroatoms. The Morgan fingerprint density at radius 2 is 1.80 bits per heavy atom. The minimum atomic E-state index is -4.10. The number of halogens is 3. The highest BCUT2D eigenvalue weighted by atomic mass is 19.4. The summed E-state index contributed by atoms with van der Waals surface area (Å²) in [7, 11) is 0. The van der Waals surface area contributed by atoms with Crippen molar-refractivity contribution in [1.82, 2.24) is 10.2 Å². The van der Waals surface area contributed by atoms with Gasteiger partial charge in [-0.25, -0.2) is 0 Å². The van der Waals surface area contributed by atoms with Crippen LogP contribution in [0, 0.1) is 19.8 Å². The maximum Gasteiger partial charge on any atom is 0.391 e. The van der Waals surface area contributed by atoms with Crippen LogP contribution < -0.4 is 10.6 Å². The number of anilines is 1. The van der Waals surface area contributed by atoms with Crippen molar-refractivity contribution in [3.63, 3.8) is 0 Å². The number of aromatic nitrogens is 2. The average molecular weight is 288 g/mol. The van der Waals surface area contributed by atoms with Crippen molar-refractivity contribution < 1.29 is 13.2 Å². The molecule has 0 aromatic carbocycles. The first-order chi connectivity index (χ1) is 9.34. The van der Waals surface area contributed by atoms with E-state index in [0.717, 1.165) is 16.8 Å². The van der Waals surface area contributed by atoms with E-state index in [1.807, 2.05) is 18.7 Å². The smallest absolute Gasteiger partial charge is 0.355 e. The predicted molar refractivity (Wildman–Crippen MR) is 70.4 cm³/mol. The first-order valence-electron chi connectivity index (χ1n) is 6.69. The quantitative estimate of drug-likeness (QED) is 0.907. The van der Waals surface area contributed by atoms with Crippen molar-refractivity contribution in [2.45, 2.75) is 39.4 Å². The molecule has 0 saturated carbocycles. The molecular formula is C13H19F3N4. The van der Waals surface area contributed by atoms with Gasteiger partial charge in [-0.3, -0.25) is 0 Å². The highest BCUT2D eigenvalue weighted by molar-refractivity contribution is 5.50. The third-order valence-corrected chi connectivity index (χ3v) is 4.02. The van der Waals surface area contributed by atoms with Gasteiger partial charge in [-0.15, -0.1) is 5.10 Å². The van der Waals surface area contributed by atoms with Crippen LogP contribution >= 0.6 is 0 Å². The van der Waals surface area contributed by atoms with Crippen molar-refractivity contribution in [1.29, 1.82) is 0 Å². The normalized spacial score (nSPS) is 17.6. The monoisotopic (exact) mass is 288 g/mol. The second kappa shape index (κ2) is 5.55. The molecule has 1 fully saturated rings. The lowest BCUT2D eigenvalue weighted by molar-refractivity contribution is -0.179. The fraction of sp³-hybridized carbons (Fsp3) is 0.692. The Kier molecular flexibility index (Phi) is 4.17. The third-order valence-electron chi connectivity index (χ3n) is 4.02. The maximum absolute atomic E-state index is 12.7. The molecule has 2 rings (SSSR count). The molecule has 0 amide bonds. The molecule has 0 radical (unpaired) electrons. The summed E-state index contributed by atoms with van der Waals surface area (Å²) in [5, 5.41) is 8.20. The van der Waals surface area contributed by atoms with E-state index >= 15 is 0 Å². The Bertz CT molecular complexity index is 479. The van der Waals surface area contributed by atoms with Crippen LogP contribution in [0.1, 0.15) is 29.7 Å². The van der Waals surface area contributed by atoms with Crippen molar-refractivity contribution in [2.75, 3.05) is 18.0 Å². The van der Waals surface area contributed by atoms with E-state index in [-0.39, 0.29) is 12.8 Å². The fourth-order valence-electron chi connectivity index (χ4n) is 2.56. The van der Waals surface area contributed by atoms with Gasteiger partial charge in [-0.2, -0.15) is 18.3 Å². The topological polar surface area (TPSA) is 55.0 Å². The van der Waals surface area contributed by atoms with Gasteiger partial charge in [0, 0.05) is 25.2 Å². The van der Waals surface area contributed by atoms with Gasteiger partial charge in [0.25, 0.3) is 0 Å². The number of alkyl halides is 3. The van der Waals surface area contributed by atoms with Crippen LogP contribution in [0.5, 0.6) is 0 Å². The molecule has 0 unspecified atom stereocenters. The highest BCUT2D eigenvalue weighted by Crippen LogP contribution is 2.35. The first-order valence-corrected chi connectivity index (χ1v) is 6.69. The van der Waals surface area contributed by atoms with E-state index in [0.29, 0.717) is 25.5 Å². The summed E-state index contributed by atoms with van der Waals surface area (Å²) in [6.45, 7) is 4.76. The molecule has 0 bridgehead atoms. The van der Waals surface area contributed by atoms with Gasteiger partial charge in [-0.05, 0) is 32.3 Å². The summed E-state index contributed by atoms with van der Waals surface area (Å²) in [5.41, 5.74) is 8.40. The minimum absolute atomic E-state index is 0.0993. The lowest BCUT2D eigenvalue weighted by Crippen LogP contribution is -2.40. The van der Waals surface area contributed by atoms with Crippen LogP contribution in [-0.2, 0) is 6.54 Å². The van der Waals surface area contributed by atoms with Crippen LogP contribution in [0.2, 0.25) is 0 Å².